The molecular weight excluding hydrogens is 274 g/mol. The van der Waals surface area contributed by atoms with Crippen molar-refractivity contribution in [1.82, 2.24) is 5.32 Å². The number of methoxy groups -OCH3 is 1. The average Bonchev–Trinajstić information content (AvgIpc) is 2.58. The van der Waals surface area contributed by atoms with E-state index in [-0.39, 0.29) is 5.60 Å². The van der Waals surface area contributed by atoms with Crippen molar-refractivity contribution in [3.05, 3.63) is 20.8 Å². The molecule has 1 fully saturated rings. The number of ether oxygens (including phenoxy) is 1. The van der Waals surface area contributed by atoms with E-state index in [1.807, 2.05) is 14.2 Å². The van der Waals surface area contributed by atoms with E-state index in [1.165, 1.54) is 15.8 Å². The topological polar surface area (TPSA) is 21.3 Å². The van der Waals surface area contributed by atoms with Crippen molar-refractivity contribution in [3.8, 4) is 0 Å². The van der Waals surface area contributed by atoms with Gasteiger partial charge in [0.05, 0.1) is 11.6 Å². The molecule has 1 unspecified atom stereocenters. The van der Waals surface area contributed by atoms with Gasteiger partial charge in [-0.3, -0.25) is 0 Å². The van der Waals surface area contributed by atoms with Crippen molar-refractivity contribution in [3.63, 3.8) is 0 Å². The maximum atomic E-state index is 5.73. The zero-order chi connectivity index (χ0) is 10.9. The normalized spacial score (nSPS) is 21.0. The molecule has 0 aliphatic heterocycles. The second kappa shape index (κ2) is 4.53. The monoisotopic (exact) mass is 289 g/mol. The SMILES string of the molecule is CNC(c1sccc1Br)C1(OC)CCC1. The third-order valence-electron chi connectivity index (χ3n) is 3.33. The first-order valence-electron chi connectivity index (χ1n) is 5.19. The first kappa shape index (κ1) is 11.6. The number of halogens is 1. The molecule has 1 N–H and O–H groups in total. The smallest absolute Gasteiger partial charge is 0.0880 e. The molecule has 0 amide bonds. The average molecular weight is 290 g/mol. The lowest BCUT2D eigenvalue weighted by molar-refractivity contribution is -0.0976. The molecule has 0 radical (unpaired) electrons. The van der Waals surface area contributed by atoms with Crippen LogP contribution < -0.4 is 5.32 Å². The number of hydrogen-bond donors (Lipinski definition) is 1. The molecular formula is C11H16BrNOS. The Morgan fingerprint density at radius 2 is 2.33 bits per heavy atom. The summed E-state index contributed by atoms with van der Waals surface area (Å²) in [6.07, 6.45) is 3.58. The summed E-state index contributed by atoms with van der Waals surface area (Å²) in [5.41, 5.74) is 0.0160. The number of hydrogen-bond acceptors (Lipinski definition) is 3. The maximum absolute atomic E-state index is 5.73. The number of rotatable bonds is 4. The Morgan fingerprint density at radius 3 is 2.67 bits per heavy atom. The van der Waals surface area contributed by atoms with E-state index in [4.69, 9.17) is 4.74 Å². The van der Waals surface area contributed by atoms with Crippen LogP contribution in [0.5, 0.6) is 0 Å². The van der Waals surface area contributed by atoms with Gasteiger partial charge in [0, 0.05) is 16.5 Å². The minimum atomic E-state index is 0.0160. The summed E-state index contributed by atoms with van der Waals surface area (Å²) in [5, 5.41) is 5.51. The summed E-state index contributed by atoms with van der Waals surface area (Å²) in [4.78, 5) is 1.35. The summed E-state index contributed by atoms with van der Waals surface area (Å²) in [7, 11) is 3.83. The van der Waals surface area contributed by atoms with Crippen molar-refractivity contribution < 1.29 is 4.74 Å². The Balaban J connectivity index is 2.27. The predicted molar refractivity (Wildman–Crippen MR) is 67.4 cm³/mol. The van der Waals surface area contributed by atoms with Crippen molar-refractivity contribution in [2.24, 2.45) is 0 Å². The molecule has 1 aliphatic rings. The van der Waals surface area contributed by atoms with Gasteiger partial charge in [-0.2, -0.15) is 0 Å². The minimum absolute atomic E-state index is 0.0160. The first-order chi connectivity index (χ1) is 7.23. The van der Waals surface area contributed by atoms with Gasteiger partial charge in [-0.05, 0) is 53.7 Å². The molecule has 1 aliphatic carbocycles. The molecule has 0 bridgehead atoms. The highest BCUT2D eigenvalue weighted by Crippen LogP contribution is 2.47. The van der Waals surface area contributed by atoms with Crippen LogP contribution in [-0.2, 0) is 4.74 Å². The molecule has 0 spiro atoms. The first-order valence-corrected chi connectivity index (χ1v) is 6.86. The van der Waals surface area contributed by atoms with Gasteiger partial charge in [-0.1, -0.05) is 0 Å². The summed E-state index contributed by atoms with van der Waals surface area (Å²) < 4.78 is 6.92. The van der Waals surface area contributed by atoms with Gasteiger partial charge < -0.3 is 10.1 Å². The standard InChI is InChI=1S/C11H16BrNOS/c1-13-10(9-8(12)4-7-15-9)11(14-2)5-3-6-11/h4,7,10,13H,3,5-6H2,1-2H3. The van der Waals surface area contributed by atoms with Crippen molar-refractivity contribution in [2.45, 2.75) is 30.9 Å². The molecule has 1 aromatic rings. The van der Waals surface area contributed by atoms with E-state index >= 15 is 0 Å². The fourth-order valence-electron chi connectivity index (χ4n) is 2.28. The highest BCUT2D eigenvalue weighted by atomic mass is 79.9. The lowest BCUT2D eigenvalue weighted by atomic mass is 9.74. The lowest BCUT2D eigenvalue weighted by Crippen LogP contribution is -2.49. The zero-order valence-electron chi connectivity index (χ0n) is 9.05. The van der Waals surface area contributed by atoms with Crippen molar-refractivity contribution in [1.29, 1.82) is 0 Å². The van der Waals surface area contributed by atoms with Gasteiger partial charge in [-0.25, -0.2) is 0 Å². The Kier molecular flexibility index (Phi) is 3.50. The fourth-order valence-corrected chi connectivity index (χ4v) is 4.10. The molecule has 84 valence electrons. The second-order valence-electron chi connectivity index (χ2n) is 3.98. The van der Waals surface area contributed by atoms with E-state index in [1.54, 1.807) is 11.3 Å². The van der Waals surface area contributed by atoms with Crippen LogP contribution >= 0.6 is 27.3 Å². The van der Waals surface area contributed by atoms with Gasteiger partial charge >= 0.3 is 0 Å². The number of thiophene rings is 1. The van der Waals surface area contributed by atoms with Gasteiger partial charge in [0.2, 0.25) is 0 Å². The molecule has 2 nitrogen and oxygen atoms in total. The summed E-state index contributed by atoms with van der Waals surface area (Å²) in [6.45, 7) is 0. The van der Waals surface area contributed by atoms with E-state index in [0.29, 0.717) is 6.04 Å². The maximum Gasteiger partial charge on any atom is 0.0880 e. The summed E-state index contributed by atoms with van der Waals surface area (Å²) in [5.74, 6) is 0. The Hall–Kier alpha value is 0.1000. The third kappa shape index (κ3) is 1.88. The molecule has 1 saturated carbocycles. The second-order valence-corrected chi connectivity index (χ2v) is 5.78. The van der Waals surface area contributed by atoms with Crippen LogP contribution in [0, 0.1) is 0 Å². The van der Waals surface area contributed by atoms with E-state index in [2.05, 4.69) is 32.7 Å². The van der Waals surface area contributed by atoms with Crippen molar-refractivity contribution >= 4 is 27.3 Å². The van der Waals surface area contributed by atoms with Crippen LogP contribution in [-0.4, -0.2) is 19.8 Å². The van der Waals surface area contributed by atoms with Crippen LogP contribution in [0.1, 0.15) is 30.2 Å². The predicted octanol–water partition coefficient (Wildman–Crippen LogP) is 3.34. The third-order valence-corrected chi connectivity index (χ3v) is 5.26. The largest absolute Gasteiger partial charge is 0.376 e. The van der Waals surface area contributed by atoms with Crippen LogP contribution in [0.4, 0.5) is 0 Å². The van der Waals surface area contributed by atoms with Gasteiger partial charge in [0.15, 0.2) is 0 Å². The Bertz CT molecular complexity index is 330. The highest BCUT2D eigenvalue weighted by molar-refractivity contribution is 9.10. The molecule has 1 aromatic heterocycles. The molecule has 4 heteroatoms. The summed E-state index contributed by atoms with van der Waals surface area (Å²) >= 11 is 5.38. The number of likely N-dealkylation sites (N-methyl/N-ethyl adjacent to an activating group) is 1. The highest BCUT2D eigenvalue weighted by Gasteiger charge is 2.45. The molecule has 15 heavy (non-hydrogen) atoms. The quantitative estimate of drug-likeness (QED) is 0.918. The summed E-state index contributed by atoms with van der Waals surface area (Å²) in [6, 6.07) is 2.41. The van der Waals surface area contributed by atoms with Crippen LogP contribution in [0.3, 0.4) is 0 Å². The van der Waals surface area contributed by atoms with Gasteiger partial charge in [0.25, 0.3) is 0 Å². The Labute approximate surface area is 103 Å². The van der Waals surface area contributed by atoms with E-state index in [0.717, 1.165) is 12.8 Å². The zero-order valence-corrected chi connectivity index (χ0v) is 11.5. The van der Waals surface area contributed by atoms with Gasteiger partial charge in [0.1, 0.15) is 0 Å². The molecule has 1 atom stereocenters. The van der Waals surface area contributed by atoms with Crippen LogP contribution in [0.2, 0.25) is 0 Å². The van der Waals surface area contributed by atoms with Gasteiger partial charge in [-0.15, -0.1) is 11.3 Å². The minimum Gasteiger partial charge on any atom is -0.376 e. The molecule has 1 heterocycles. The molecule has 0 saturated heterocycles. The lowest BCUT2D eigenvalue weighted by Gasteiger charge is -2.46. The fraction of sp³-hybridized carbons (Fsp3) is 0.636. The Morgan fingerprint density at radius 1 is 1.60 bits per heavy atom. The van der Waals surface area contributed by atoms with Crippen LogP contribution in [0.15, 0.2) is 15.9 Å². The van der Waals surface area contributed by atoms with E-state index < -0.39 is 0 Å². The molecule has 2 rings (SSSR count). The van der Waals surface area contributed by atoms with E-state index in [9.17, 15) is 0 Å². The van der Waals surface area contributed by atoms with Crippen molar-refractivity contribution in [2.75, 3.05) is 14.2 Å². The van der Waals surface area contributed by atoms with Crippen LogP contribution in [0.25, 0.3) is 0 Å². The number of nitrogens with one attached hydrogen (secondary N) is 1. The molecule has 0 aromatic carbocycles.